The quantitative estimate of drug-likeness (QED) is 0.798. The normalized spacial score (nSPS) is 19.1. The van der Waals surface area contributed by atoms with Gasteiger partial charge in [-0.05, 0) is 30.4 Å². The Morgan fingerprint density at radius 1 is 1.35 bits per heavy atom. The molecule has 1 saturated heterocycles. The fourth-order valence-corrected chi connectivity index (χ4v) is 4.32. The summed E-state index contributed by atoms with van der Waals surface area (Å²) in [4.78, 5) is 14.8. The smallest absolute Gasteiger partial charge is 0.270 e. The molecule has 2 heterocycles. The summed E-state index contributed by atoms with van der Waals surface area (Å²) in [5.74, 6) is 0.0564. The number of hydrogen-bond donors (Lipinski definition) is 0. The third-order valence-electron chi connectivity index (χ3n) is 3.67. The van der Waals surface area contributed by atoms with E-state index in [1.807, 2.05) is 4.90 Å². The van der Waals surface area contributed by atoms with Crippen LogP contribution in [-0.4, -0.2) is 32.3 Å². The molecule has 7 heteroatoms. The Bertz CT molecular complexity index is 597. The topological polar surface area (TPSA) is 54.5 Å². The molecular weight excluding hydrogens is 318 g/mol. The maximum atomic E-state index is 12.2. The first-order valence-corrected chi connectivity index (χ1v) is 9.61. The van der Waals surface area contributed by atoms with Gasteiger partial charge in [-0.2, -0.15) is 0 Å². The molecule has 4 nitrogen and oxygen atoms in total. The van der Waals surface area contributed by atoms with E-state index < -0.39 is 9.05 Å². The number of amides is 1. The van der Waals surface area contributed by atoms with Crippen molar-refractivity contribution >= 4 is 37.0 Å². The molecule has 1 aliphatic heterocycles. The molecule has 0 unspecified atom stereocenters. The molecule has 0 spiro atoms. The molecule has 0 bridgehead atoms. The highest BCUT2D eigenvalue weighted by molar-refractivity contribution is 8.15. The van der Waals surface area contributed by atoms with Crippen molar-refractivity contribution in [1.29, 1.82) is 0 Å². The van der Waals surface area contributed by atoms with Gasteiger partial charge < -0.3 is 4.90 Å². The van der Waals surface area contributed by atoms with Crippen LogP contribution in [0.4, 0.5) is 0 Å². The maximum absolute atomic E-state index is 12.2. The number of likely N-dealkylation sites (tertiary alicyclic amines) is 1. The molecule has 1 fully saturated rings. The minimum Gasteiger partial charge on any atom is -0.342 e. The molecule has 0 aromatic carbocycles. The molecule has 0 saturated carbocycles. The molecule has 1 aromatic rings. The zero-order valence-corrected chi connectivity index (χ0v) is 13.9. The largest absolute Gasteiger partial charge is 0.342 e. The molecule has 1 amide bonds. The van der Waals surface area contributed by atoms with Gasteiger partial charge >= 0.3 is 0 Å². The van der Waals surface area contributed by atoms with Gasteiger partial charge in [-0.25, -0.2) is 8.42 Å². The van der Waals surface area contributed by atoms with Crippen molar-refractivity contribution in [1.82, 2.24) is 4.90 Å². The van der Waals surface area contributed by atoms with Crippen LogP contribution in [0.3, 0.4) is 0 Å². The molecule has 20 heavy (non-hydrogen) atoms. The molecule has 2 rings (SSSR count). The summed E-state index contributed by atoms with van der Waals surface area (Å²) in [5, 5.41) is 0. The third-order valence-corrected chi connectivity index (χ3v) is 6.85. The molecule has 112 valence electrons. The average molecular weight is 336 g/mol. The Morgan fingerprint density at radius 3 is 2.45 bits per heavy atom. The predicted octanol–water partition coefficient (Wildman–Crippen LogP) is 2.87. The number of piperidine rings is 1. The maximum Gasteiger partial charge on any atom is 0.270 e. The van der Waals surface area contributed by atoms with Gasteiger partial charge in [-0.3, -0.25) is 4.79 Å². The second kappa shape index (κ2) is 5.66. The number of nitrogens with zero attached hydrogens (tertiary/aromatic N) is 1. The van der Waals surface area contributed by atoms with Crippen molar-refractivity contribution < 1.29 is 13.2 Å². The Balaban J connectivity index is 1.97. The van der Waals surface area contributed by atoms with E-state index in [2.05, 4.69) is 13.8 Å². The van der Waals surface area contributed by atoms with Crippen molar-refractivity contribution in [3.63, 3.8) is 0 Å². The lowest BCUT2D eigenvalue weighted by atomic mass is 9.82. The lowest BCUT2D eigenvalue weighted by Gasteiger charge is -2.36. The summed E-state index contributed by atoms with van der Waals surface area (Å²) in [6, 6.07) is 3.11. The van der Waals surface area contributed by atoms with Gasteiger partial charge in [-0.15, -0.1) is 11.3 Å². The summed E-state index contributed by atoms with van der Waals surface area (Å²) in [6.07, 6.45) is 2.26. The standard InChI is InChI=1S/C13H18ClNO3S2/c1-13(2)5-7-15(8-6-13)11(16)9-10-3-4-12(19-10)20(14,17)18/h3-4H,5-9H2,1-2H3. The lowest BCUT2D eigenvalue weighted by Crippen LogP contribution is -2.41. The van der Waals surface area contributed by atoms with E-state index in [0.29, 0.717) is 5.41 Å². The first-order chi connectivity index (χ1) is 9.17. The van der Waals surface area contributed by atoms with Crippen LogP contribution in [-0.2, 0) is 20.3 Å². The van der Waals surface area contributed by atoms with Crippen LogP contribution in [0, 0.1) is 5.41 Å². The zero-order chi connectivity index (χ0) is 15.0. The highest BCUT2D eigenvalue weighted by atomic mass is 35.7. The van der Waals surface area contributed by atoms with Crippen LogP contribution in [0.2, 0.25) is 0 Å². The Hall–Kier alpha value is -0.590. The fraction of sp³-hybridized carbons (Fsp3) is 0.615. The van der Waals surface area contributed by atoms with Gasteiger partial charge in [0, 0.05) is 28.6 Å². The van der Waals surface area contributed by atoms with Crippen molar-refractivity contribution in [2.24, 2.45) is 5.41 Å². The molecular formula is C13H18ClNO3S2. The van der Waals surface area contributed by atoms with Crippen LogP contribution in [0.5, 0.6) is 0 Å². The van der Waals surface area contributed by atoms with Crippen LogP contribution in [0.15, 0.2) is 16.3 Å². The summed E-state index contributed by atoms with van der Waals surface area (Å²) < 4.78 is 22.5. The number of halogens is 1. The molecule has 0 atom stereocenters. The summed E-state index contributed by atoms with van der Waals surface area (Å²) in [7, 11) is 1.58. The van der Waals surface area contributed by atoms with Gasteiger partial charge in [0.25, 0.3) is 9.05 Å². The predicted molar refractivity (Wildman–Crippen MR) is 80.7 cm³/mol. The minimum atomic E-state index is -3.69. The second-order valence-corrected chi connectivity index (χ2v) is 9.84. The van der Waals surface area contributed by atoms with Gasteiger partial charge in [-0.1, -0.05) is 13.8 Å². The van der Waals surface area contributed by atoms with E-state index in [4.69, 9.17) is 10.7 Å². The van der Waals surface area contributed by atoms with Crippen molar-refractivity contribution in [2.75, 3.05) is 13.1 Å². The van der Waals surface area contributed by atoms with Crippen LogP contribution >= 0.6 is 22.0 Å². The van der Waals surface area contributed by atoms with Crippen molar-refractivity contribution in [3.8, 4) is 0 Å². The van der Waals surface area contributed by atoms with Gasteiger partial charge in [0.1, 0.15) is 4.21 Å². The van der Waals surface area contributed by atoms with Gasteiger partial charge in [0.05, 0.1) is 6.42 Å². The minimum absolute atomic E-state index is 0.0564. The van der Waals surface area contributed by atoms with E-state index >= 15 is 0 Å². The number of carbonyl (C=O) groups is 1. The Labute approximate surface area is 128 Å². The third kappa shape index (κ3) is 3.96. The first-order valence-electron chi connectivity index (χ1n) is 6.49. The van der Waals surface area contributed by atoms with Crippen molar-refractivity contribution in [2.45, 2.75) is 37.3 Å². The molecule has 0 aliphatic carbocycles. The highest BCUT2D eigenvalue weighted by Crippen LogP contribution is 2.30. The van der Waals surface area contributed by atoms with E-state index in [0.717, 1.165) is 42.1 Å². The van der Waals surface area contributed by atoms with Crippen LogP contribution in [0.25, 0.3) is 0 Å². The molecule has 1 aromatic heterocycles. The number of carbonyl (C=O) groups excluding carboxylic acids is 1. The number of thiophene rings is 1. The summed E-state index contributed by atoms with van der Waals surface area (Å²) in [6.45, 7) is 5.98. The summed E-state index contributed by atoms with van der Waals surface area (Å²) in [5.41, 5.74) is 0.305. The first kappa shape index (κ1) is 15.8. The monoisotopic (exact) mass is 335 g/mol. The van der Waals surface area contributed by atoms with E-state index in [9.17, 15) is 13.2 Å². The van der Waals surface area contributed by atoms with E-state index in [1.165, 1.54) is 6.07 Å². The van der Waals surface area contributed by atoms with Gasteiger partial charge in [0.2, 0.25) is 5.91 Å². The van der Waals surface area contributed by atoms with Crippen LogP contribution < -0.4 is 0 Å². The second-order valence-electron chi connectivity index (χ2n) is 5.88. The lowest BCUT2D eigenvalue weighted by molar-refractivity contribution is -0.132. The van der Waals surface area contributed by atoms with Gasteiger partial charge in [0.15, 0.2) is 0 Å². The average Bonchev–Trinajstić information content (AvgIpc) is 2.77. The van der Waals surface area contributed by atoms with Crippen molar-refractivity contribution in [3.05, 3.63) is 17.0 Å². The highest BCUT2D eigenvalue weighted by Gasteiger charge is 2.28. The molecule has 0 N–H and O–H groups in total. The van der Waals surface area contributed by atoms with Crippen LogP contribution in [0.1, 0.15) is 31.6 Å². The van der Waals surface area contributed by atoms with E-state index in [1.54, 1.807) is 6.07 Å². The fourth-order valence-electron chi connectivity index (χ4n) is 2.21. The Morgan fingerprint density at radius 2 is 1.95 bits per heavy atom. The summed E-state index contributed by atoms with van der Waals surface area (Å²) >= 11 is 1.06. The number of hydrogen-bond acceptors (Lipinski definition) is 4. The number of rotatable bonds is 3. The zero-order valence-electron chi connectivity index (χ0n) is 11.6. The molecule has 1 aliphatic rings. The molecule has 0 radical (unpaired) electrons. The Kier molecular flexibility index (Phi) is 4.47. The van der Waals surface area contributed by atoms with E-state index in [-0.39, 0.29) is 16.5 Å². The SMILES string of the molecule is CC1(C)CCN(C(=O)Cc2ccc(S(=O)(=O)Cl)s2)CC1.